The van der Waals surface area contributed by atoms with E-state index in [9.17, 15) is 9.59 Å². The molecule has 2 saturated heterocycles. The van der Waals surface area contributed by atoms with E-state index in [1.807, 2.05) is 14.7 Å². The van der Waals surface area contributed by atoms with E-state index in [1.165, 1.54) is 12.8 Å². The Balaban J connectivity index is 1.68. The fraction of sp³-hybridized carbons (Fsp3) is 0.647. The van der Waals surface area contributed by atoms with Gasteiger partial charge in [-0.1, -0.05) is 12.8 Å². The molecule has 2 aliphatic heterocycles. The maximum absolute atomic E-state index is 12.7. The predicted octanol–water partition coefficient (Wildman–Crippen LogP) is 1.16. The van der Waals surface area contributed by atoms with Gasteiger partial charge in [-0.25, -0.2) is 9.97 Å². The number of hydrogen-bond donors (Lipinski definition) is 0. The Bertz CT molecular complexity index is 590. The van der Waals surface area contributed by atoms with Crippen molar-refractivity contribution in [3.63, 3.8) is 0 Å². The molecule has 7 nitrogen and oxygen atoms in total. The number of hydrogen-bond acceptors (Lipinski definition) is 5. The molecule has 3 rings (SSSR count). The van der Waals surface area contributed by atoms with Gasteiger partial charge in [0.1, 0.15) is 5.69 Å². The van der Waals surface area contributed by atoms with Crippen LogP contribution in [0.5, 0.6) is 0 Å². The third-order valence-corrected chi connectivity index (χ3v) is 4.76. The minimum atomic E-state index is 0.00271. The first kappa shape index (κ1) is 16.7. The van der Waals surface area contributed by atoms with E-state index in [1.54, 1.807) is 19.2 Å². The number of rotatable bonds is 2. The van der Waals surface area contributed by atoms with Crippen LogP contribution in [0.4, 0.5) is 5.95 Å². The molecular weight excluding hydrogens is 306 g/mol. The Hall–Kier alpha value is -2.18. The number of amides is 2. The van der Waals surface area contributed by atoms with Gasteiger partial charge in [-0.15, -0.1) is 0 Å². The van der Waals surface area contributed by atoms with Gasteiger partial charge in [0.15, 0.2) is 0 Å². The van der Waals surface area contributed by atoms with Crippen molar-refractivity contribution in [1.29, 1.82) is 0 Å². The van der Waals surface area contributed by atoms with Gasteiger partial charge in [-0.3, -0.25) is 9.59 Å². The Kier molecular flexibility index (Phi) is 5.27. The first-order chi connectivity index (χ1) is 11.6. The Morgan fingerprint density at radius 3 is 2.21 bits per heavy atom. The highest BCUT2D eigenvalue weighted by atomic mass is 16.2. The topological polar surface area (TPSA) is 69.6 Å². The zero-order valence-electron chi connectivity index (χ0n) is 14.3. The van der Waals surface area contributed by atoms with Gasteiger partial charge in [0, 0.05) is 52.4 Å². The molecule has 1 aromatic rings. The average molecular weight is 331 g/mol. The highest BCUT2D eigenvalue weighted by Crippen LogP contribution is 2.15. The van der Waals surface area contributed by atoms with Crippen LogP contribution in [0.25, 0.3) is 0 Å². The van der Waals surface area contributed by atoms with Crippen LogP contribution in [0, 0.1) is 0 Å². The molecule has 3 heterocycles. The molecule has 1 aromatic heterocycles. The van der Waals surface area contributed by atoms with Crippen molar-refractivity contribution < 1.29 is 9.59 Å². The standard InChI is InChI=1S/C17H25N5O2/c1-14(23)20-10-12-22(13-11-20)17-18-7-6-15(19-17)16(24)21-8-4-2-3-5-9-21/h6-7H,2-5,8-13H2,1H3. The molecule has 0 spiro atoms. The summed E-state index contributed by atoms with van der Waals surface area (Å²) in [7, 11) is 0. The molecule has 24 heavy (non-hydrogen) atoms. The molecule has 0 N–H and O–H groups in total. The lowest BCUT2D eigenvalue weighted by Crippen LogP contribution is -2.48. The second-order valence-electron chi connectivity index (χ2n) is 6.44. The molecule has 2 fully saturated rings. The van der Waals surface area contributed by atoms with Crippen LogP contribution < -0.4 is 4.90 Å². The van der Waals surface area contributed by atoms with E-state index in [0.717, 1.165) is 25.9 Å². The van der Waals surface area contributed by atoms with Crippen LogP contribution in [0.1, 0.15) is 43.1 Å². The minimum absolute atomic E-state index is 0.00271. The van der Waals surface area contributed by atoms with Crippen LogP contribution >= 0.6 is 0 Å². The molecule has 130 valence electrons. The summed E-state index contributed by atoms with van der Waals surface area (Å²) >= 11 is 0. The van der Waals surface area contributed by atoms with Gasteiger partial charge < -0.3 is 14.7 Å². The van der Waals surface area contributed by atoms with E-state index < -0.39 is 0 Å². The number of carbonyl (C=O) groups is 2. The number of anilines is 1. The molecule has 0 radical (unpaired) electrons. The van der Waals surface area contributed by atoms with E-state index in [2.05, 4.69) is 9.97 Å². The van der Waals surface area contributed by atoms with Gasteiger partial charge in [-0.2, -0.15) is 0 Å². The molecule has 7 heteroatoms. The first-order valence-electron chi connectivity index (χ1n) is 8.78. The molecule has 0 bridgehead atoms. The lowest BCUT2D eigenvalue weighted by molar-refractivity contribution is -0.129. The number of aromatic nitrogens is 2. The summed E-state index contributed by atoms with van der Waals surface area (Å²) in [6, 6.07) is 1.70. The quantitative estimate of drug-likeness (QED) is 0.813. The van der Waals surface area contributed by atoms with E-state index in [-0.39, 0.29) is 11.8 Å². The van der Waals surface area contributed by atoms with E-state index in [4.69, 9.17) is 0 Å². The van der Waals surface area contributed by atoms with Crippen LogP contribution in [0.3, 0.4) is 0 Å². The SMILES string of the molecule is CC(=O)N1CCN(c2nccc(C(=O)N3CCCCCC3)n2)CC1. The summed E-state index contributed by atoms with van der Waals surface area (Å²) in [5.74, 6) is 0.683. The molecule has 2 amide bonds. The Labute approximate surface area is 142 Å². The van der Waals surface area contributed by atoms with Crippen molar-refractivity contribution in [2.75, 3.05) is 44.2 Å². The lowest BCUT2D eigenvalue weighted by Gasteiger charge is -2.34. The van der Waals surface area contributed by atoms with Crippen molar-refractivity contribution in [2.24, 2.45) is 0 Å². The molecular formula is C17H25N5O2. The summed E-state index contributed by atoms with van der Waals surface area (Å²) in [5.41, 5.74) is 0.468. The van der Waals surface area contributed by atoms with Crippen molar-refractivity contribution in [1.82, 2.24) is 19.8 Å². The Morgan fingerprint density at radius 1 is 0.917 bits per heavy atom. The maximum Gasteiger partial charge on any atom is 0.272 e. The zero-order valence-corrected chi connectivity index (χ0v) is 14.3. The number of likely N-dealkylation sites (tertiary alicyclic amines) is 1. The molecule has 0 aliphatic carbocycles. The van der Waals surface area contributed by atoms with Gasteiger partial charge in [0.2, 0.25) is 11.9 Å². The van der Waals surface area contributed by atoms with Crippen LogP contribution in [-0.4, -0.2) is 70.9 Å². The van der Waals surface area contributed by atoms with E-state index in [0.29, 0.717) is 37.8 Å². The zero-order chi connectivity index (χ0) is 16.9. The number of nitrogens with zero attached hydrogens (tertiary/aromatic N) is 5. The van der Waals surface area contributed by atoms with Crippen molar-refractivity contribution in [3.05, 3.63) is 18.0 Å². The van der Waals surface area contributed by atoms with Gasteiger partial charge >= 0.3 is 0 Å². The average Bonchev–Trinajstić information content (AvgIpc) is 2.90. The molecule has 0 saturated carbocycles. The van der Waals surface area contributed by atoms with Crippen molar-refractivity contribution in [2.45, 2.75) is 32.6 Å². The van der Waals surface area contributed by atoms with Crippen molar-refractivity contribution >= 4 is 17.8 Å². The van der Waals surface area contributed by atoms with Crippen LogP contribution in [0.15, 0.2) is 12.3 Å². The van der Waals surface area contributed by atoms with Crippen LogP contribution in [0.2, 0.25) is 0 Å². The predicted molar refractivity (Wildman–Crippen MR) is 90.9 cm³/mol. The van der Waals surface area contributed by atoms with Crippen LogP contribution in [-0.2, 0) is 4.79 Å². The summed E-state index contributed by atoms with van der Waals surface area (Å²) in [4.78, 5) is 38.7. The maximum atomic E-state index is 12.7. The summed E-state index contributed by atoms with van der Waals surface area (Å²) in [5, 5.41) is 0. The summed E-state index contributed by atoms with van der Waals surface area (Å²) in [6.45, 7) is 5.95. The van der Waals surface area contributed by atoms with Gasteiger partial charge in [-0.05, 0) is 18.9 Å². The lowest BCUT2D eigenvalue weighted by atomic mass is 10.2. The highest BCUT2D eigenvalue weighted by Gasteiger charge is 2.23. The first-order valence-corrected chi connectivity index (χ1v) is 8.78. The second kappa shape index (κ2) is 7.59. The highest BCUT2D eigenvalue weighted by molar-refractivity contribution is 5.92. The van der Waals surface area contributed by atoms with Gasteiger partial charge in [0.05, 0.1) is 0 Å². The normalized spacial score (nSPS) is 19.1. The monoisotopic (exact) mass is 331 g/mol. The Morgan fingerprint density at radius 2 is 1.58 bits per heavy atom. The molecule has 0 atom stereocenters. The fourth-order valence-electron chi connectivity index (χ4n) is 3.28. The van der Waals surface area contributed by atoms with Gasteiger partial charge in [0.25, 0.3) is 5.91 Å². The third-order valence-electron chi connectivity index (χ3n) is 4.76. The number of piperazine rings is 1. The van der Waals surface area contributed by atoms with E-state index >= 15 is 0 Å². The summed E-state index contributed by atoms with van der Waals surface area (Å²) < 4.78 is 0. The fourth-order valence-corrected chi connectivity index (χ4v) is 3.28. The molecule has 2 aliphatic rings. The third kappa shape index (κ3) is 3.83. The summed E-state index contributed by atoms with van der Waals surface area (Å²) in [6.07, 6.45) is 6.18. The molecule has 0 aromatic carbocycles. The second-order valence-corrected chi connectivity index (χ2v) is 6.44. The minimum Gasteiger partial charge on any atom is -0.339 e. The molecule has 0 unspecified atom stereocenters. The number of carbonyl (C=O) groups excluding carboxylic acids is 2. The van der Waals surface area contributed by atoms with Crippen molar-refractivity contribution in [3.8, 4) is 0 Å². The smallest absolute Gasteiger partial charge is 0.272 e. The largest absolute Gasteiger partial charge is 0.339 e.